The zero-order chi connectivity index (χ0) is 14.9. The Morgan fingerprint density at radius 3 is 2.55 bits per heavy atom. The van der Waals surface area contributed by atoms with Gasteiger partial charge in [0.2, 0.25) is 0 Å². The molecule has 20 heavy (non-hydrogen) atoms. The molecule has 1 aromatic heterocycles. The first-order chi connectivity index (χ1) is 9.27. The van der Waals surface area contributed by atoms with Gasteiger partial charge in [0.1, 0.15) is 22.1 Å². The normalized spacial score (nSPS) is 11.5. The number of benzene rings is 1. The lowest BCUT2D eigenvalue weighted by atomic mass is 9.96. The van der Waals surface area contributed by atoms with E-state index in [4.69, 9.17) is 0 Å². The lowest BCUT2D eigenvalue weighted by molar-refractivity contribution is 0.544. The first-order valence-corrected chi connectivity index (χ1v) is 7.14. The van der Waals surface area contributed by atoms with Gasteiger partial charge in [0.25, 0.3) is 0 Å². The third-order valence-electron chi connectivity index (χ3n) is 2.90. The molecule has 5 heteroatoms. The van der Waals surface area contributed by atoms with Crippen LogP contribution in [0.4, 0.5) is 15.9 Å². The summed E-state index contributed by atoms with van der Waals surface area (Å²) in [6.45, 7) is 7.88. The molecule has 0 aliphatic carbocycles. The van der Waals surface area contributed by atoms with E-state index in [0.29, 0.717) is 21.7 Å². The molecule has 0 bridgehead atoms. The van der Waals surface area contributed by atoms with Crippen molar-refractivity contribution in [2.75, 3.05) is 5.32 Å². The maximum absolute atomic E-state index is 13.5. The van der Waals surface area contributed by atoms with Crippen LogP contribution in [0.2, 0.25) is 0 Å². The van der Waals surface area contributed by atoms with Crippen LogP contribution in [0, 0.1) is 12.7 Å². The third-order valence-corrected chi connectivity index (χ3v) is 3.30. The fourth-order valence-electron chi connectivity index (χ4n) is 1.70. The van der Waals surface area contributed by atoms with Crippen LogP contribution in [-0.2, 0) is 5.41 Å². The highest BCUT2D eigenvalue weighted by atomic mass is 79.9. The molecule has 0 fully saturated rings. The van der Waals surface area contributed by atoms with Crippen LogP contribution < -0.4 is 5.32 Å². The van der Waals surface area contributed by atoms with E-state index in [1.54, 1.807) is 19.1 Å². The average molecular weight is 338 g/mol. The van der Waals surface area contributed by atoms with Crippen molar-refractivity contribution in [3.05, 3.63) is 46.1 Å². The zero-order valence-electron chi connectivity index (χ0n) is 12.0. The molecule has 0 atom stereocenters. The van der Waals surface area contributed by atoms with Crippen molar-refractivity contribution in [3.63, 3.8) is 0 Å². The molecule has 3 nitrogen and oxygen atoms in total. The molecule has 2 aromatic rings. The number of hydrogen-bond donors (Lipinski definition) is 1. The molecule has 1 heterocycles. The number of anilines is 2. The van der Waals surface area contributed by atoms with Gasteiger partial charge in [0.15, 0.2) is 0 Å². The Morgan fingerprint density at radius 2 is 1.90 bits per heavy atom. The van der Waals surface area contributed by atoms with Gasteiger partial charge in [0, 0.05) is 22.7 Å². The van der Waals surface area contributed by atoms with Gasteiger partial charge in [-0.05, 0) is 35.0 Å². The second-order valence-electron chi connectivity index (χ2n) is 5.69. The zero-order valence-corrected chi connectivity index (χ0v) is 13.5. The first kappa shape index (κ1) is 14.9. The summed E-state index contributed by atoms with van der Waals surface area (Å²) in [6.07, 6.45) is 0. The molecule has 0 amide bonds. The predicted molar refractivity (Wildman–Crippen MR) is 82.9 cm³/mol. The molecule has 0 radical (unpaired) electrons. The van der Waals surface area contributed by atoms with Crippen LogP contribution >= 0.6 is 15.9 Å². The number of rotatable bonds is 2. The summed E-state index contributed by atoms with van der Waals surface area (Å²) in [4.78, 5) is 8.87. The van der Waals surface area contributed by atoms with Gasteiger partial charge in [-0.2, -0.15) is 0 Å². The van der Waals surface area contributed by atoms with Gasteiger partial charge in [-0.15, -0.1) is 0 Å². The van der Waals surface area contributed by atoms with Crippen molar-refractivity contribution in [1.82, 2.24) is 9.97 Å². The Balaban J connectivity index is 2.39. The average Bonchev–Trinajstić information content (AvgIpc) is 2.33. The fourth-order valence-corrected chi connectivity index (χ4v) is 2.08. The van der Waals surface area contributed by atoms with Crippen molar-refractivity contribution >= 4 is 27.4 Å². The van der Waals surface area contributed by atoms with Crippen LogP contribution in [0.15, 0.2) is 28.9 Å². The Hall–Kier alpha value is -1.49. The van der Waals surface area contributed by atoms with E-state index in [-0.39, 0.29) is 11.2 Å². The molecule has 106 valence electrons. The van der Waals surface area contributed by atoms with Gasteiger partial charge in [-0.1, -0.05) is 26.8 Å². The maximum Gasteiger partial charge on any atom is 0.137 e. The highest BCUT2D eigenvalue weighted by molar-refractivity contribution is 9.10. The number of hydrogen-bond acceptors (Lipinski definition) is 3. The minimum Gasteiger partial charge on any atom is -0.340 e. The molecular weight excluding hydrogens is 321 g/mol. The minimum atomic E-state index is -0.237. The van der Waals surface area contributed by atoms with Crippen LogP contribution in [0.25, 0.3) is 0 Å². The first-order valence-electron chi connectivity index (χ1n) is 6.34. The van der Waals surface area contributed by atoms with E-state index >= 15 is 0 Å². The smallest absolute Gasteiger partial charge is 0.137 e. The van der Waals surface area contributed by atoms with Crippen molar-refractivity contribution in [3.8, 4) is 0 Å². The van der Waals surface area contributed by atoms with Gasteiger partial charge >= 0.3 is 0 Å². The quantitative estimate of drug-likeness (QED) is 0.805. The molecule has 0 aliphatic rings. The Kier molecular flexibility index (Phi) is 4.09. The van der Waals surface area contributed by atoms with Crippen LogP contribution in [0.5, 0.6) is 0 Å². The summed E-state index contributed by atoms with van der Waals surface area (Å²) >= 11 is 3.39. The highest BCUT2D eigenvalue weighted by Crippen LogP contribution is 2.26. The van der Waals surface area contributed by atoms with E-state index in [2.05, 4.69) is 31.2 Å². The number of nitrogens with zero attached hydrogens (tertiary/aromatic N) is 2. The monoisotopic (exact) mass is 337 g/mol. The molecular formula is C15H17BrFN3. The standard InChI is InChI=1S/C15H17BrFN3/c1-9-10(17)6-5-7-11(9)18-13-8-12(16)19-14(20-13)15(2,3)4/h5-8H,1-4H3,(H,18,19,20). The SMILES string of the molecule is Cc1c(F)cccc1Nc1cc(Br)nc(C(C)(C)C)n1. The van der Waals surface area contributed by atoms with Gasteiger partial charge in [-0.3, -0.25) is 0 Å². The minimum absolute atomic E-state index is 0.156. The molecule has 0 aliphatic heterocycles. The van der Waals surface area contributed by atoms with E-state index in [1.807, 2.05) is 26.8 Å². The second-order valence-corrected chi connectivity index (χ2v) is 6.50. The summed E-state index contributed by atoms with van der Waals surface area (Å²) in [5.41, 5.74) is 1.12. The van der Waals surface area contributed by atoms with Crippen LogP contribution in [-0.4, -0.2) is 9.97 Å². The van der Waals surface area contributed by atoms with E-state index in [1.165, 1.54) is 6.07 Å². The molecule has 2 rings (SSSR count). The van der Waals surface area contributed by atoms with Gasteiger partial charge < -0.3 is 5.32 Å². The number of aromatic nitrogens is 2. The summed E-state index contributed by atoms with van der Waals surface area (Å²) in [5.74, 6) is 1.13. The van der Waals surface area contributed by atoms with E-state index in [0.717, 1.165) is 5.82 Å². The molecule has 1 aromatic carbocycles. The van der Waals surface area contributed by atoms with E-state index < -0.39 is 0 Å². The lowest BCUT2D eigenvalue weighted by Crippen LogP contribution is -2.17. The Bertz CT molecular complexity index is 636. The van der Waals surface area contributed by atoms with Crippen molar-refractivity contribution in [1.29, 1.82) is 0 Å². The third kappa shape index (κ3) is 3.33. The highest BCUT2D eigenvalue weighted by Gasteiger charge is 2.19. The van der Waals surface area contributed by atoms with Crippen molar-refractivity contribution < 1.29 is 4.39 Å². The van der Waals surface area contributed by atoms with Crippen LogP contribution in [0.3, 0.4) is 0 Å². The molecule has 0 saturated carbocycles. The van der Waals surface area contributed by atoms with Crippen molar-refractivity contribution in [2.24, 2.45) is 0 Å². The molecule has 0 spiro atoms. The fraction of sp³-hybridized carbons (Fsp3) is 0.333. The topological polar surface area (TPSA) is 37.8 Å². The summed E-state index contributed by atoms with van der Waals surface area (Å²) in [7, 11) is 0. The number of halogens is 2. The Labute approximate surface area is 126 Å². The van der Waals surface area contributed by atoms with Gasteiger partial charge in [-0.25, -0.2) is 14.4 Å². The molecule has 0 unspecified atom stereocenters. The maximum atomic E-state index is 13.5. The largest absolute Gasteiger partial charge is 0.340 e. The summed E-state index contributed by atoms with van der Waals surface area (Å²) in [5, 5.41) is 3.15. The van der Waals surface area contributed by atoms with Crippen molar-refractivity contribution in [2.45, 2.75) is 33.1 Å². The number of nitrogens with one attached hydrogen (secondary N) is 1. The van der Waals surface area contributed by atoms with Gasteiger partial charge in [0.05, 0.1) is 0 Å². The summed E-state index contributed by atoms with van der Waals surface area (Å²) < 4.78 is 14.3. The van der Waals surface area contributed by atoms with Crippen LogP contribution in [0.1, 0.15) is 32.2 Å². The predicted octanol–water partition coefficient (Wildman–Crippen LogP) is 4.73. The van der Waals surface area contributed by atoms with E-state index in [9.17, 15) is 4.39 Å². The molecule has 0 saturated heterocycles. The Morgan fingerprint density at radius 1 is 1.20 bits per heavy atom. The molecule has 1 N–H and O–H groups in total. The summed E-state index contributed by atoms with van der Waals surface area (Å²) in [6, 6.07) is 6.72. The lowest BCUT2D eigenvalue weighted by Gasteiger charge is -2.18. The second kappa shape index (κ2) is 5.48.